The van der Waals surface area contributed by atoms with Crippen molar-refractivity contribution in [3.63, 3.8) is 0 Å². The van der Waals surface area contributed by atoms with Crippen LogP contribution in [0.2, 0.25) is 0 Å². The van der Waals surface area contributed by atoms with Gasteiger partial charge in [0.15, 0.2) is 5.11 Å². The van der Waals surface area contributed by atoms with Crippen LogP contribution >= 0.6 is 12.2 Å². The minimum absolute atomic E-state index is 0.146. The van der Waals surface area contributed by atoms with Crippen LogP contribution in [-0.4, -0.2) is 30.3 Å². The first-order valence-corrected chi connectivity index (χ1v) is 10.5. The molecule has 0 aromatic heterocycles. The molecular weight excluding hydrogens is 418 g/mol. The third kappa shape index (κ3) is 11.4. The number of carbonyl (C=O) groups excluding carboxylic acids is 1. The van der Waals surface area contributed by atoms with Crippen LogP contribution < -0.4 is 16.0 Å². The van der Waals surface area contributed by atoms with E-state index in [4.69, 9.17) is 12.2 Å². The highest BCUT2D eigenvalue weighted by Crippen LogP contribution is 2.20. The van der Waals surface area contributed by atoms with E-state index in [1.165, 1.54) is 12.1 Å². The molecule has 172 valence electrons. The number of carbonyl (C=O) groups is 1. The fourth-order valence-electron chi connectivity index (χ4n) is 2.69. The molecule has 0 aliphatic carbocycles. The molecule has 0 heterocycles. The number of amides is 1. The first-order chi connectivity index (χ1) is 13.9. The monoisotopic (exact) mass is 451 g/mol. The lowest BCUT2D eigenvalue weighted by molar-refractivity contribution is -0.126. The van der Waals surface area contributed by atoms with Crippen LogP contribution in [0.4, 0.5) is 17.6 Å². The van der Waals surface area contributed by atoms with E-state index in [1.54, 1.807) is 12.1 Å². The van der Waals surface area contributed by atoms with Crippen molar-refractivity contribution in [3.05, 3.63) is 35.6 Å². The minimum Gasteiger partial charge on any atom is -0.353 e. The molecule has 3 N–H and O–H groups in total. The Balaban J connectivity index is 0.00000407. The first kappa shape index (κ1) is 28.3. The highest BCUT2D eigenvalue weighted by molar-refractivity contribution is 7.80. The summed E-state index contributed by atoms with van der Waals surface area (Å²) in [5.74, 6) is -0.960. The number of thiocarbonyl (C=S) groups is 1. The summed E-state index contributed by atoms with van der Waals surface area (Å²) < 4.78 is 49.4. The van der Waals surface area contributed by atoms with E-state index in [-0.39, 0.29) is 29.3 Å². The average molecular weight is 452 g/mol. The molecule has 1 unspecified atom stereocenters. The molecule has 0 aliphatic heterocycles. The number of hydrogen-bond donors (Lipinski definition) is 3. The van der Waals surface area contributed by atoms with Crippen LogP contribution in [0.5, 0.6) is 0 Å². The molecule has 1 rings (SSSR count). The summed E-state index contributed by atoms with van der Waals surface area (Å²) >= 11 is 5.21. The van der Waals surface area contributed by atoms with E-state index in [0.29, 0.717) is 19.3 Å². The zero-order valence-corrected chi connectivity index (χ0v) is 19.1. The highest BCUT2D eigenvalue weighted by atomic mass is 32.1. The standard InChI is InChI=1S/C19H27F4N3OS.C2H6/c1-4-13(6-5-11-24-12-19(21,22)23)16(27)25-17(28)26-18(2,3)14-7-9-15(20)10-8-14;1-2/h7-10,13,24H,4-6,11-12H2,1-3H3,(H2,25,26,27,28);1-2H3. The Labute approximate surface area is 182 Å². The number of halogens is 4. The third-order valence-corrected chi connectivity index (χ3v) is 4.53. The first-order valence-electron chi connectivity index (χ1n) is 10.1. The van der Waals surface area contributed by atoms with Crippen molar-refractivity contribution in [2.45, 2.75) is 65.6 Å². The van der Waals surface area contributed by atoms with Gasteiger partial charge in [0.2, 0.25) is 5.91 Å². The van der Waals surface area contributed by atoms with Crippen molar-refractivity contribution in [1.29, 1.82) is 0 Å². The fraction of sp³-hybridized carbons (Fsp3) is 0.619. The molecule has 0 radical (unpaired) electrons. The van der Waals surface area contributed by atoms with Crippen LogP contribution in [0.25, 0.3) is 0 Å². The van der Waals surface area contributed by atoms with Crippen LogP contribution in [0, 0.1) is 11.7 Å². The number of rotatable bonds is 9. The van der Waals surface area contributed by atoms with Gasteiger partial charge >= 0.3 is 6.18 Å². The van der Waals surface area contributed by atoms with Gasteiger partial charge in [-0.3, -0.25) is 4.79 Å². The van der Waals surface area contributed by atoms with Crippen molar-refractivity contribution in [3.8, 4) is 0 Å². The molecule has 1 aromatic rings. The van der Waals surface area contributed by atoms with Crippen molar-refractivity contribution in [1.82, 2.24) is 16.0 Å². The lowest BCUT2D eigenvalue weighted by atomic mass is 9.94. The Morgan fingerprint density at radius 1 is 1.13 bits per heavy atom. The second-order valence-electron chi connectivity index (χ2n) is 7.11. The maximum absolute atomic E-state index is 13.1. The summed E-state index contributed by atoms with van der Waals surface area (Å²) in [5.41, 5.74) is 0.176. The molecule has 4 nitrogen and oxygen atoms in total. The SMILES string of the molecule is CC.CCC(CCCNCC(F)(F)F)C(=O)NC(=S)NC(C)(C)c1ccc(F)cc1. The predicted molar refractivity (Wildman–Crippen MR) is 117 cm³/mol. The second kappa shape index (κ2) is 13.5. The van der Waals surface area contributed by atoms with Crippen LogP contribution in [0.1, 0.15) is 59.4 Å². The summed E-state index contributed by atoms with van der Waals surface area (Å²) in [7, 11) is 0. The largest absolute Gasteiger partial charge is 0.401 e. The van der Waals surface area contributed by atoms with E-state index < -0.39 is 18.3 Å². The van der Waals surface area contributed by atoms with Gasteiger partial charge in [-0.15, -0.1) is 0 Å². The molecular formula is C21H33F4N3OS. The molecule has 0 saturated carbocycles. The van der Waals surface area contributed by atoms with Crippen LogP contribution in [0.15, 0.2) is 24.3 Å². The van der Waals surface area contributed by atoms with Crippen LogP contribution in [0.3, 0.4) is 0 Å². The molecule has 1 amide bonds. The Bertz CT molecular complexity index is 649. The summed E-state index contributed by atoms with van der Waals surface area (Å²) in [6.07, 6.45) is -2.79. The van der Waals surface area contributed by atoms with Gasteiger partial charge in [-0.2, -0.15) is 13.2 Å². The summed E-state index contributed by atoms with van der Waals surface area (Å²) in [6, 6.07) is 5.96. The van der Waals surface area contributed by atoms with Crippen molar-refractivity contribution in [2.24, 2.45) is 5.92 Å². The van der Waals surface area contributed by atoms with E-state index in [2.05, 4.69) is 16.0 Å². The average Bonchev–Trinajstić information content (AvgIpc) is 2.65. The van der Waals surface area contributed by atoms with Gasteiger partial charge in [-0.25, -0.2) is 4.39 Å². The van der Waals surface area contributed by atoms with E-state index in [1.807, 2.05) is 34.6 Å². The Morgan fingerprint density at radius 3 is 2.20 bits per heavy atom. The zero-order chi connectivity index (χ0) is 23.4. The second-order valence-corrected chi connectivity index (χ2v) is 7.52. The maximum Gasteiger partial charge on any atom is 0.401 e. The molecule has 0 fully saturated rings. The molecule has 30 heavy (non-hydrogen) atoms. The normalized spacial score (nSPS) is 12.4. The van der Waals surface area contributed by atoms with Gasteiger partial charge in [0.1, 0.15) is 5.82 Å². The summed E-state index contributed by atoms with van der Waals surface area (Å²) in [5, 5.41) is 8.14. The quantitative estimate of drug-likeness (QED) is 0.280. The molecule has 1 aromatic carbocycles. The van der Waals surface area contributed by atoms with Crippen LogP contribution in [-0.2, 0) is 10.3 Å². The lowest BCUT2D eigenvalue weighted by Gasteiger charge is -2.29. The Hall–Kier alpha value is -1.74. The van der Waals surface area contributed by atoms with Gasteiger partial charge < -0.3 is 16.0 Å². The molecule has 1 atom stereocenters. The molecule has 0 bridgehead atoms. The minimum atomic E-state index is -4.24. The molecule has 0 aliphatic rings. The third-order valence-electron chi connectivity index (χ3n) is 4.32. The number of benzene rings is 1. The maximum atomic E-state index is 13.1. The number of alkyl halides is 3. The van der Waals surface area contributed by atoms with Crippen molar-refractivity contribution < 1.29 is 22.4 Å². The van der Waals surface area contributed by atoms with Gasteiger partial charge in [-0.1, -0.05) is 32.9 Å². The molecule has 0 saturated heterocycles. The van der Waals surface area contributed by atoms with Gasteiger partial charge in [0.25, 0.3) is 0 Å². The number of hydrogen-bond acceptors (Lipinski definition) is 3. The zero-order valence-electron chi connectivity index (χ0n) is 18.3. The smallest absolute Gasteiger partial charge is 0.353 e. The fourth-order valence-corrected chi connectivity index (χ4v) is 3.05. The molecule has 9 heteroatoms. The van der Waals surface area contributed by atoms with Gasteiger partial charge in [-0.05, 0) is 69.6 Å². The van der Waals surface area contributed by atoms with E-state index >= 15 is 0 Å². The van der Waals surface area contributed by atoms with E-state index in [9.17, 15) is 22.4 Å². The lowest BCUT2D eigenvalue weighted by Crippen LogP contribution is -2.49. The van der Waals surface area contributed by atoms with Gasteiger partial charge in [0, 0.05) is 5.92 Å². The van der Waals surface area contributed by atoms with Crippen molar-refractivity contribution >= 4 is 23.2 Å². The summed E-state index contributed by atoms with van der Waals surface area (Å²) in [4.78, 5) is 12.4. The Morgan fingerprint density at radius 2 is 1.70 bits per heavy atom. The number of nitrogens with one attached hydrogen (secondary N) is 3. The van der Waals surface area contributed by atoms with Crippen molar-refractivity contribution in [2.75, 3.05) is 13.1 Å². The highest BCUT2D eigenvalue weighted by Gasteiger charge is 2.26. The molecule has 0 spiro atoms. The summed E-state index contributed by atoms with van der Waals surface area (Å²) in [6.45, 7) is 8.68. The Kier molecular flexibility index (Phi) is 12.8. The van der Waals surface area contributed by atoms with Gasteiger partial charge in [0.05, 0.1) is 12.1 Å². The van der Waals surface area contributed by atoms with E-state index in [0.717, 1.165) is 5.56 Å². The topological polar surface area (TPSA) is 53.2 Å². The predicted octanol–water partition coefficient (Wildman–Crippen LogP) is 5.04.